The van der Waals surface area contributed by atoms with Crippen LogP contribution in [0.15, 0.2) is 17.1 Å². The van der Waals surface area contributed by atoms with E-state index in [1.165, 1.54) is 9.75 Å². The number of piperazine rings is 1. The predicted molar refractivity (Wildman–Crippen MR) is 112 cm³/mol. The quantitative estimate of drug-likeness (QED) is 0.591. The first-order valence-corrected chi connectivity index (χ1v) is 10.3. The van der Waals surface area contributed by atoms with Crippen molar-refractivity contribution in [2.24, 2.45) is 4.99 Å². The molecule has 0 radical (unpaired) electrons. The number of hydrogen-bond acceptors (Lipinski definition) is 5. The van der Waals surface area contributed by atoms with E-state index in [0.717, 1.165) is 38.7 Å². The summed E-state index contributed by atoms with van der Waals surface area (Å²) in [6.07, 6.45) is -0.214. The number of amides is 1. The fourth-order valence-electron chi connectivity index (χ4n) is 2.78. The number of carbonyl (C=O) groups is 1. The molecule has 0 saturated carbocycles. The van der Waals surface area contributed by atoms with E-state index in [9.17, 15) is 4.79 Å². The maximum Gasteiger partial charge on any atom is 0.410 e. The Morgan fingerprint density at radius 2 is 1.93 bits per heavy atom. The van der Waals surface area contributed by atoms with E-state index in [1.54, 1.807) is 23.3 Å². The molecule has 1 aromatic rings. The summed E-state index contributed by atoms with van der Waals surface area (Å²) < 4.78 is 5.44. The first-order chi connectivity index (χ1) is 12.8. The molecule has 0 bridgehead atoms. The van der Waals surface area contributed by atoms with Gasteiger partial charge in [0, 0.05) is 56.1 Å². The lowest BCUT2D eigenvalue weighted by atomic mass is 10.2. The molecule has 27 heavy (non-hydrogen) atoms. The van der Waals surface area contributed by atoms with E-state index in [4.69, 9.17) is 4.74 Å². The highest BCUT2D eigenvalue weighted by atomic mass is 32.1. The standard InChI is InChI=1S/C19H33N5O2S/c1-15-6-7-16(27-15)14-22-17(20-5)21-8-9-23-10-12-24(13-11-23)18(25)26-19(2,3)4/h6-7H,8-14H2,1-5H3,(H2,20,21,22). The van der Waals surface area contributed by atoms with Crippen LogP contribution in [-0.2, 0) is 11.3 Å². The smallest absolute Gasteiger partial charge is 0.410 e. The third-order valence-electron chi connectivity index (χ3n) is 4.19. The zero-order valence-corrected chi connectivity index (χ0v) is 18.0. The zero-order chi connectivity index (χ0) is 19.9. The van der Waals surface area contributed by atoms with Gasteiger partial charge in [-0.2, -0.15) is 0 Å². The number of carbonyl (C=O) groups excluding carboxylic acids is 1. The SMILES string of the molecule is CN=C(NCCN1CCN(C(=O)OC(C)(C)C)CC1)NCc1ccc(C)s1. The minimum atomic E-state index is -0.442. The average Bonchev–Trinajstić information content (AvgIpc) is 3.02. The summed E-state index contributed by atoms with van der Waals surface area (Å²) in [5.41, 5.74) is -0.442. The Hall–Kier alpha value is -1.80. The summed E-state index contributed by atoms with van der Waals surface area (Å²) in [6, 6.07) is 4.28. The molecule has 2 rings (SSSR count). The third-order valence-corrected chi connectivity index (χ3v) is 5.19. The summed E-state index contributed by atoms with van der Waals surface area (Å²) in [5, 5.41) is 6.70. The number of ether oxygens (including phenoxy) is 1. The van der Waals surface area contributed by atoms with Gasteiger partial charge >= 0.3 is 6.09 Å². The first-order valence-electron chi connectivity index (χ1n) is 9.47. The van der Waals surface area contributed by atoms with E-state index >= 15 is 0 Å². The van der Waals surface area contributed by atoms with E-state index in [2.05, 4.69) is 39.6 Å². The first kappa shape index (κ1) is 21.5. The number of rotatable bonds is 5. The zero-order valence-electron chi connectivity index (χ0n) is 17.2. The van der Waals surface area contributed by atoms with Crippen molar-refractivity contribution < 1.29 is 9.53 Å². The van der Waals surface area contributed by atoms with Crippen molar-refractivity contribution in [3.8, 4) is 0 Å². The molecule has 0 aromatic carbocycles. The second kappa shape index (κ2) is 9.94. The number of thiophene rings is 1. The monoisotopic (exact) mass is 395 g/mol. The van der Waals surface area contributed by atoms with Gasteiger partial charge in [0.15, 0.2) is 5.96 Å². The summed E-state index contributed by atoms with van der Waals surface area (Å²) in [6.45, 7) is 13.5. The molecule has 2 heterocycles. The van der Waals surface area contributed by atoms with Gasteiger partial charge in [0.2, 0.25) is 0 Å². The summed E-state index contributed by atoms with van der Waals surface area (Å²) in [7, 11) is 1.79. The molecule has 7 nitrogen and oxygen atoms in total. The van der Waals surface area contributed by atoms with Crippen LogP contribution in [0.2, 0.25) is 0 Å². The second-order valence-electron chi connectivity index (χ2n) is 7.67. The largest absolute Gasteiger partial charge is 0.444 e. The van der Waals surface area contributed by atoms with Crippen molar-refractivity contribution >= 4 is 23.4 Å². The third kappa shape index (κ3) is 7.76. The van der Waals surface area contributed by atoms with Crippen molar-refractivity contribution in [1.82, 2.24) is 20.4 Å². The Labute approximate surface area is 166 Å². The van der Waals surface area contributed by atoms with Gasteiger partial charge in [0.05, 0.1) is 6.54 Å². The molecule has 1 aliphatic rings. The van der Waals surface area contributed by atoms with Gasteiger partial charge in [-0.1, -0.05) is 0 Å². The number of nitrogens with one attached hydrogen (secondary N) is 2. The molecule has 0 atom stereocenters. The van der Waals surface area contributed by atoms with Crippen molar-refractivity contribution in [3.05, 3.63) is 21.9 Å². The van der Waals surface area contributed by atoms with Crippen molar-refractivity contribution in [2.45, 2.75) is 39.8 Å². The minimum absolute atomic E-state index is 0.214. The van der Waals surface area contributed by atoms with Gasteiger partial charge in [-0.25, -0.2) is 4.79 Å². The van der Waals surface area contributed by atoms with Crippen LogP contribution in [0.25, 0.3) is 0 Å². The minimum Gasteiger partial charge on any atom is -0.444 e. The van der Waals surface area contributed by atoms with Crippen LogP contribution in [0.3, 0.4) is 0 Å². The molecule has 0 aliphatic carbocycles. The number of guanidine groups is 1. The Balaban J connectivity index is 1.63. The molecule has 0 unspecified atom stereocenters. The molecule has 1 fully saturated rings. The molecule has 8 heteroatoms. The van der Waals surface area contributed by atoms with Crippen LogP contribution in [-0.4, -0.2) is 73.8 Å². The van der Waals surface area contributed by atoms with Gasteiger partial charge in [-0.05, 0) is 39.8 Å². The van der Waals surface area contributed by atoms with Gasteiger partial charge in [0.25, 0.3) is 0 Å². The molecule has 0 spiro atoms. The van der Waals surface area contributed by atoms with Gasteiger partial charge in [-0.3, -0.25) is 9.89 Å². The maximum absolute atomic E-state index is 12.1. The molecular weight excluding hydrogens is 362 g/mol. The van der Waals surface area contributed by atoms with E-state index in [1.807, 2.05) is 20.8 Å². The lowest BCUT2D eigenvalue weighted by molar-refractivity contribution is 0.0147. The fraction of sp³-hybridized carbons (Fsp3) is 0.684. The van der Waals surface area contributed by atoms with Gasteiger partial charge in [-0.15, -0.1) is 11.3 Å². The molecule has 1 amide bonds. The summed E-state index contributed by atoms with van der Waals surface area (Å²) in [5.74, 6) is 0.813. The highest BCUT2D eigenvalue weighted by molar-refractivity contribution is 7.11. The van der Waals surface area contributed by atoms with Crippen molar-refractivity contribution in [2.75, 3.05) is 46.3 Å². The lowest BCUT2D eigenvalue weighted by Crippen LogP contribution is -2.51. The number of hydrogen-bond donors (Lipinski definition) is 2. The van der Waals surface area contributed by atoms with Crippen LogP contribution in [0.1, 0.15) is 30.5 Å². The second-order valence-corrected chi connectivity index (χ2v) is 9.05. The molecule has 2 N–H and O–H groups in total. The maximum atomic E-state index is 12.1. The highest BCUT2D eigenvalue weighted by Gasteiger charge is 2.25. The Morgan fingerprint density at radius 1 is 1.22 bits per heavy atom. The lowest BCUT2D eigenvalue weighted by Gasteiger charge is -2.35. The van der Waals surface area contributed by atoms with Crippen LogP contribution in [0, 0.1) is 6.92 Å². The summed E-state index contributed by atoms with van der Waals surface area (Å²) >= 11 is 1.80. The van der Waals surface area contributed by atoms with Gasteiger partial charge in [0.1, 0.15) is 5.60 Å². The molecule has 1 aliphatic heterocycles. The number of aliphatic imine (C=N–C) groups is 1. The molecule has 1 aromatic heterocycles. The van der Waals surface area contributed by atoms with Crippen LogP contribution in [0.4, 0.5) is 4.79 Å². The Kier molecular flexibility index (Phi) is 7.91. The number of nitrogens with zero attached hydrogens (tertiary/aromatic N) is 3. The Morgan fingerprint density at radius 3 is 2.48 bits per heavy atom. The highest BCUT2D eigenvalue weighted by Crippen LogP contribution is 2.14. The molecular formula is C19H33N5O2S. The van der Waals surface area contributed by atoms with Gasteiger partial charge < -0.3 is 20.3 Å². The topological polar surface area (TPSA) is 69.2 Å². The number of aryl methyl sites for hydroxylation is 1. The Bertz CT molecular complexity index is 630. The van der Waals surface area contributed by atoms with E-state index in [0.29, 0.717) is 13.1 Å². The predicted octanol–water partition coefficient (Wildman–Crippen LogP) is 2.27. The summed E-state index contributed by atoms with van der Waals surface area (Å²) in [4.78, 5) is 23.1. The van der Waals surface area contributed by atoms with Crippen molar-refractivity contribution in [3.63, 3.8) is 0 Å². The van der Waals surface area contributed by atoms with Crippen LogP contribution >= 0.6 is 11.3 Å². The average molecular weight is 396 g/mol. The molecule has 1 saturated heterocycles. The van der Waals surface area contributed by atoms with E-state index < -0.39 is 5.60 Å². The van der Waals surface area contributed by atoms with E-state index in [-0.39, 0.29) is 6.09 Å². The molecule has 152 valence electrons. The van der Waals surface area contributed by atoms with Crippen molar-refractivity contribution in [1.29, 1.82) is 0 Å². The fourth-order valence-corrected chi connectivity index (χ4v) is 3.61. The van der Waals surface area contributed by atoms with Crippen LogP contribution in [0.5, 0.6) is 0 Å². The normalized spacial score (nSPS) is 16.3. The van der Waals surface area contributed by atoms with Crippen LogP contribution < -0.4 is 10.6 Å².